The number of amides is 2. The third-order valence-corrected chi connectivity index (χ3v) is 6.71. The highest BCUT2D eigenvalue weighted by Gasteiger charge is 2.32. The van der Waals surface area contributed by atoms with Crippen LogP contribution >= 0.6 is 11.6 Å². The topological polar surface area (TPSA) is 109 Å². The van der Waals surface area contributed by atoms with Crippen LogP contribution in [-0.4, -0.2) is 47.8 Å². The van der Waals surface area contributed by atoms with E-state index in [-0.39, 0.29) is 17.9 Å². The molecule has 0 fully saturated rings. The summed E-state index contributed by atoms with van der Waals surface area (Å²) in [5.41, 5.74) is 3.97. The molecule has 2 aromatic carbocycles. The Morgan fingerprint density at radius 3 is 2.83 bits per heavy atom. The van der Waals surface area contributed by atoms with Gasteiger partial charge in [0.2, 0.25) is 0 Å². The molecule has 174 valence electrons. The van der Waals surface area contributed by atoms with Gasteiger partial charge in [-0.05, 0) is 43.3 Å². The molecule has 0 saturated carbocycles. The lowest BCUT2D eigenvalue weighted by atomic mass is 10.1. The van der Waals surface area contributed by atoms with Crippen molar-refractivity contribution in [2.75, 3.05) is 11.9 Å². The van der Waals surface area contributed by atoms with Gasteiger partial charge in [0, 0.05) is 35.4 Å². The molecule has 1 unspecified atom stereocenters. The van der Waals surface area contributed by atoms with Crippen molar-refractivity contribution in [3.05, 3.63) is 83.3 Å². The second kappa shape index (κ2) is 8.21. The monoisotopic (exact) mass is 485 g/mol. The van der Waals surface area contributed by atoms with Crippen LogP contribution in [-0.2, 0) is 6.54 Å². The number of fused-ring (bicyclic) bond motifs is 3. The molecule has 9 nitrogen and oxygen atoms in total. The number of pyridine rings is 1. The van der Waals surface area contributed by atoms with Crippen LogP contribution in [0.25, 0.3) is 21.9 Å². The number of halogens is 1. The van der Waals surface area contributed by atoms with Gasteiger partial charge in [-0.1, -0.05) is 17.7 Å². The van der Waals surface area contributed by atoms with Gasteiger partial charge < -0.3 is 19.8 Å². The summed E-state index contributed by atoms with van der Waals surface area (Å²) >= 11 is 6.31. The van der Waals surface area contributed by atoms with E-state index in [1.165, 1.54) is 0 Å². The van der Waals surface area contributed by atoms with Crippen LogP contribution < -0.4 is 5.32 Å². The highest BCUT2D eigenvalue weighted by Crippen LogP contribution is 2.29. The van der Waals surface area contributed by atoms with Gasteiger partial charge in [0.15, 0.2) is 0 Å². The number of aromatic amines is 1. The zero-order chi connectivity index (χ0) is 24.1. The molecular formula is C25H20ClN7O2. The molecule has 0 aliphatic carbocycles. The van der Waals surface area contributed by atoms with Crippen LogP contribution in [0.15, 0.2) is 61.2 Å². The van der Waals surface area contributed by atoms with Crippen LogP contribution in [0, 0.1) is 0 Å². The van der Waals surface area contributed by atoms with Crippen LogP contribution in [0.4, 0.5) is 5.69 Å². The molecule has 2 N–H and O–H groups in total. The van der Waals surface area contributed by atoms with E-state index >= 15 is 0 Å². The van der Waals surface area contributed by atoms with Crippen LogP contribution in [0.3, 0.4) is 0 Å². The number of nitrogens with one attached hydrogen (secondary N) is 2. The molecule has 3 aromatic heterocycles. The van der Waals surface area contributed by atoms with Crippen molar-refractivity contribution >= 4 is 51.0 Å². The van der Waals surface area contributed by atoms with Crippen molar-refractivity contribution in [3.63, 3.8) is 0 Å². The number of carbonyl (C=O) groups excluding carboxylic acids is 2. The van der Waals surface area contributed by atoms with Gasteiger partial charge in [-0.2, -0.15) is 0 Å². The van der Waals surface area contributed by atoms with Crippen LogP contribution in [0.2, 0.25) is 5.02 Å². The number of nitrogens with zero attached hydrogens (tertiary/aromatic N) is 5. The molecule has 10 heteroatoms. The summed E-state index contributed by atoms with van der Waals surface area (Å²) in [7, 11) is 0. The number of hydrogen-bond donors (Lipinski definition) is 2. The molecule has 0 spiro atoms. The second-order valence-corrected chi connectivity index (χ2v) is 8.85. The van der Waals surface area contributed by atoms with Crippen LogP contribution in [0.5, 0.6) is 0 Å². The van der Waals surface area contributed by atoms with Crippen molar-refractivity contribution < 1.29 is 9.59 Å². The lowest BCUT2D eigenvalue weighted by Crippen LogP contribution is -2.42. The first-order chi connectivity index (χ1) is 17.0. The summed E-state index contributed by atoms with van der Waals surface area (Å²) in [6, 6.07) is 12.4. The third kappa shape index (κ3) is 3.60. The Bertz CT molecular complexity index is 1620. The zero-order valence-corrected chi connectivity index (χ0v) is 19.5. The van der Waals surface area contributed by atoms with Gasteiger partial charge in [-0.3, -0.25) is 14.6 Å². The average molecular weight is 486 g/mol. The van der Waals surface area contributed by atoms with Crippen LogP contribution in [0.1, 0.15) is 39.6 Å². The number of imidazole rings is 2. The number of carbonyl (C=O) groups is 2. The molecule has 1 aliphatic heterocycles. The van der Waals surface area contributed by atoms with E-state index in [2.05, 4.69) is 25.3 Å². The minimum atomic E-state index is -0.318. The Hall–Kier alpha value is -4.24. The number of hydrogen-bond acceptors (Lipinski definition) is 5. The molecule has 0 bridgehead atoms. The molecule has 0 radical (unpaired) electrons. The Balaban J connectivity index is 1.24. The molecular weight excluding hydrogens is 466 g/mol. The van der Waals surface area contributed by atoms with Crippen molar-refractivity contribution in [2.24, 2.45) is 0 Å². The molecule has 1 atom stereocenters. The predicted molar refractivity (Wildman–Crippen MR) is 132 cm³/mol. The summed E-state index contributed by atoms with van der Waals surface area (Å²) < 4.78 is 1.87. The largest absolute Gasteiger partial charge is 0.345 e. The zero-order valence-electron chi connectivity index (χ0n) is 18.7. The number of benzene rings is 2. The number of aromatic nitrogens is 5. The van der Waals surface area contributed by atoms with Gasteiger partial charge in [0.1, 0.15) is 11.5 Å². The van der Waals surface area contributed by atoms with Crippen molar-refractivity contribution in [2.45, 2.75) is 19.5 Å². The SMILES string of the molecule is CC1c2ncc(C(=O)Nc3ccc4nc[nH]c4c3)n2CCN1C(=O)c1cnc2cccc(Cl)c2c1. The maximum atomic E-state index is 13.4. The van der Waals surface area contributed by atoms with Crippen molar-refractivity contribution in [1.29, 1.82) is 0 Å². The Kier molecular flexibility index (Phi) is 5.00. The van der Waals surface area contributed by atoms with Gasteiger partial charge in [0.25, 0.3) is 11.8 Å². The minimum absolute atomic E-state index is 0.153. The molecule has 2 amide bonds. The maximum Gasteiger partial charge on any atom is 0.273 e. The minimum Gasteiger partial charge on any atom is -0.345 e. The quantitative estimate of drug-likeness (QED) is 0.393. The Morgan fingerprint density at radius 1 is 1.06 bits per heavy atom. The Labute approximate surface area is 204 Å². The van der Waals surface area contributed by atoms with E-state index in [1.807, 2.05) is 35.8 Å². The molecule has 5 aromatic rings. The third-order valence-electron chi connectivity index (χ3n) is 6.38. The molecule has 4 heterocycles. The predicted octanol–water partition coefficient (Wildman–Crippen LogP) is 4.43. The summed E-state index contributed by atoms with van der Waals surface area (Å²) in [6.07, 6.45) is 4.74. The van der Waals surface area contributed by atoms with E-state index in [1.54, 1.807) is 41.8 Å². The van der Waals surface area contributed by atoms with E-state index < -0.39 is 0 Å². The lowest BCUT2D eigenvalue weighted by Gasteiger charge is -2.34. The molecule has 0 saturated heterocycles. The highest BCUT2D eigenvalue weighted by molar-refractivity contribution is 6.35. The van der Waals surface area contributed by atoms with E-state index in [0.717, 1.165) is 21.9 Å². The van der Waals surface area contributed by atoms with Gasteiger partial charge in [0.05, 0.1) is 40.7 Å². The summed E-state index contributed by atoms with van der Waals surface area (Å²) in [6.45, 7) is 2.80. The summed E-state index contributed by atoms with van der Waals surface area (Å²) in [5, 5.41) is 4.21. The standard InChI is InChI=1S/C25H20ClN7O2/c1-14-23-28-12-22(24(34)31-16-5-6-20-21(10-16)30-13-29-20)33(23)8-7-32(14)25(35)15-9-17-18(26)3-2-4-19(17)27-11-15/h2-6,9-14H,7-8H2,1H3,(H,29,30)(H,31,34). The fourth-order valence-corrected chi connectivity index (χ4v) is 4.79. The smallest absolute Gasteiger partial charge is 0.273 e. The number of rotatable bonds is 3. The van der Waals surface area contributed by atoms with Crippen molar-refractivity contribution in [3.8, 4) is 0 Å². The summed E-state index contributed by atoms with van der Waals surface area (Å²) in [4.78, 5) is 44.2. The maximum absolute atomic E-state index is 13.4. The molecule has 1 aliphatic rings. The van der Waals surface area contributed by atoms with Gasteiger partial charge in [-0.15, -0.1) is 0 Å². The number of H-pyrrole nitrogens is 1. The lowest BCUT2D eigenvalue weighted by molar-refractivity contribution is 0.0636. The summed E-state index contributed by atoms with van der Waals surface area (Å²) in [5.74, 6) is 0.244. The average Bonchev–Trinajstić information content (AvgIpc) is 3.51. The molecule has 6 rings (SSSR count). The first-order valence-corrected chi connectivity index (χ1v) is 11.5. The Morgan fingerprint density at radius 2 is 1.94 bits per heavy atom. The van der Waals surface area contributed by atoms with Crippen molar-refractivity contribution in [1.82, 2.24) is 29.4 Å². The fraction of sp³-hybridized carbons (Fsp3) is 0.160. The highest BCUT2D eigenvalue weighted by atomic mass is 35.5. The second-order valence-electron chi connectivity index (χ2n) is 8.45. The first kappa shape index (κ1) is 21.3. The molecule has 35 heavy (non-hydrogen) atoms. The van der Waals surface area contributed by atoms with E-state index in [9.17, 15) is 9.59 Å². The van der Waals surface area contributed by atoms with E-state index in [4.69, 9.17) is 11.6 Å². The van der Waals surface area contributed by atoms with Gasteiger partial charge >= 0.3 is 0 Å². The van der Waals surface area contributed by atoms with E-state index in [0.29, 0.717) is 40.9 Å². The normalized spacial score (nSPS) is 15.4. The fourth-order valence-electron chi connectivity index (χ4n) is 4.56. The number of anilines is 1. The first-order valence-electron chi connectivity index (χ1n) is 11.1. The van der Waals surface area contributed by atoms with Gasteiger partial charge in [-0.25, -0.2) is 9.97 Å².